The lowest BCUT2D eigenvalue weighted by molar-refractivity contribution is -0.112. The Bertz CT molecular complexity index is 997. The summed E-state index contributed by atoms with van der Waals surface area (Å²) < 4.78 is 1.19. The minimum atomic E-state index is -0.188. The van der Waals surface area contributed by atoms with Crippen molar-refractivity contribution >= 4 is 45.7 Å². The molecule has 1 saturated heterocycles. The Morgan fingerprint density at radius 3 is 2.68 bits per heavy atom. The average Bonchev–Trinajstić information content (AvgIpc) is 3.34. The van der Waals surface area contributed by atoms with E-state index in [1.54, 1.807) is 6.33 Å². The van der Waals surface area contributed by atoms with Crippen LogP contribution in [-0.4, -0.2) is 52.3 Å². The molecule has 5 rings (SSSR count). The maximum Gasteiger partial charge on any atom is 0.142 e. The van der Waals surface area contributed by atoms with Crippen LogP contribution >= 0.6 is 22.6 Å². The topological polar surface area (TPSA) is 65.1 Å². The maximum absolute atomic E-state index is 12.0. The number of nitrogens with one attached hydrogen (secondary N) is 1. The highest BCUT2D eigenvalue weighted by atomic mass is 127. The summed E-state index contributed by atoms with van der Waals surface area (Å²) in [6.07, 6.45) is 7.07. The van der Waals surface area contributed by atoms with Crippen molar-refractivity contribution in [1.82, 2.24) is 19.9 Å². The molecule has 3 aromatic rings. The molecular formula is C21H22IN5O. The zero-order valence-electron chi connectivity index (χ0n) is 15.5. The molecule has 3 heterocycles. The van der Waals surface area contributed by atoms with Crippen LogP contribution in [-0.2, 0) is 4.79 Å². The van der Waals surface area contributed by atoms with Gasteiger partial charge in [-0.1, -0.05) is 12.1 Å². The zero-order valence-corrected chi connectivity index (χ0v) is 17.7. The number of benzene rings is 1. The zero-order chi connectivity index (χ0) is 19.1. The van der Waals surface area contributed by atoms with Crippen molar-refractivity contribution in [3.8, 4) is 0 Å². The number of anilines is 1. The van der Waals surface area contributed by atoms with E-state index in [1.165, 1.54) is 16.4 Å². The molecule has 1 aromatic carbocycles. The number of fused-ring (bicyclic) bond motifs is 1. The Morgan fingerprint density at radius 1 is 1.11 bits per heavy atom. The van der Waals surface area contributed by atoms with Crippen molar-refractivity contribution in [1.29, 1.82) is 0 Å². The quantitative estimate of drug-likeness (QED) is 0.452. The van der Waals surface area contributed by atoms with Gasteiger partial charge in [0.25, 0.3) is 0 Å². The predicted molar refractivity (Wildman–Crippen MR) is 117 cm³/mol. The average molecular weight is 487 g/mol. The summed E-state index contributed by atoms with van der Waals surface area (Å²) in [5.74, 6) is 0.997. The molecule has 28 heavy (non-hydrogen) atoms. The Hall–Kier alpha value is -2.00. The van der Waals surface area contributed by atoms with Crippen LogP contribution in [0.4, 0.5) is 5.82 Å². The normalized spacial score (nSPS) is 20.2. The first kappa shape index (κ1) is 18.1. The number of nitrogens with zero attached hydrogens (tertiary/aromatic N) is 4. The highest BCUT2D eigenvalue weighted by Gasteiger charge is 2.48. The molecular weight excluding hydrogens is 465 g/mol. The van der Waals surface area contributed by atoms with Crippen LogP contribution in [0.2, 0.25) is 0 Å². The minimum absolute atomic E-state index is 0.188. The molecule has 0 amide bonds. The third kappa shape index (κ3) is 3.30. The minimum Gasteiger partial charge on any atom is -0.354 e. The number of aldehydes is 1. The molecule has 1 aliphatic heterocycles. The Balaban J connectivity index is 1.44. The van der Waals surface area contributed by atoms with E-state index < -0.39 is 0 Å². The number of aromatic amines is 1. The largest absolute Gasteiger partial charge is 0.354 e. The Kier molecular flexibility index (Phi) is 4.59. The first-order valence-electron chi connectivity index (χ1n) is 9.65. The van der Waals surface area contributed by atoms with Crippen molar-refractivity contribution in [2.24, 2.45) is 5.41 Å². The lowest BCUT2D eigenvalue weighted by atomic mass is 10.0. The third-order valence-corrected chi connectivity index (χ3v) is 6.76. The molecule has 1 atom stereocenters. The molecule has 2 aromatic heterocycles. The number of hydrogen-bond acceptors (Lipinski definition) is 5. The van der Waals surface area contributed by atoms with Crippen LogP contribution in [0, 0.1) is 8.99 Å². The highest BCUT2D eigenvalue weighted by molar-refractivity contribution is 14.1. The molecule has 0 radical (unpaired) electrons. The summed E-state index contributed by atoms with van der Waals surface area (Å²) >= 11 is 2.30. The fraction of sp³-hybridized carbons (Fsp3) is 0.381. The summed E-state index contributed by atoms with van der Waals surface area (Å²) in [4.78, 5) is 28.9. The van der Waals surface area contributed by atoms with Gasteiger partial charge >= 0.3 is 0 Å². The summed E-state index contributed by atoms with van der Waals surface area (Å²) in [6, 6.07) is 10.2. The van der Waals surface area contributed by atoms with Gasteiger partial charge in [-0.25, -0.2) is 9.97 Å². The fourth-order valence-electron chi connectivity index (χ4n) is 4.35. The molecule has 2 fully saturated rings. The van der Waals surface area contributed by atoms with Crippen molar-refractivity contribution in [2.45, 2.75) is 18.9 Å². The number of rotatable bonds is 4. The van der Waals surface area contributed by atoms with E-state index in [9.17, 15) is 4.79 Å². The monoisotopic (exact) mass is 487 g/mol. The SMILES string of the molecule is O=CC(c1ccc(I)cc1)N1CCN(c2ncnc3[nH]ccc23)CC2(CC2)C1. The van der Waals surface area contributed by atoms with Crippen LogP contribution in [0.15, 0.2) is 42.9 Å². The van der Waals surface area contributed by atoms with E-state index in [1.807, 2.05) is 12.3 Å². The predicted octanol–water partition coefficient (Wildman–Crippen LogP) is 3.40. The van der Waals surface area contributed by atoms with Crippen molar-refractivity contribution in [2.75, 3.05) is 31.1 Å². The summed E-state index contributed by atoms with van der Waals surface area (Å²) in [5, 5.41) is 1.07. The Labute approximate surface area is 177 Å². The van der Waals surface area contributed by atoms with E-state index >= 15 is 0 Å². The summed E-state index contributed by atoms with van der Waals surface area (Å²) in [7, 11) is 0. The van der Waals surface area contributed by atoms with Crippen LogP contribution in [0.25, 0.3) is 11.0 Å². The molecule has 1 unspecified atom stereocenters. The Morgan fingerprint density at radius 2 is 1.93 bits per heavy atom. The van der Waals surface area contributed by atoms with Gasteiger partial charge in [0, 0.05) is 41.4 Å². The first-order chi connectivity index (χ1) is 13.7. The van der Waals surface area contributed by atoms with E-state index in [-0.39, 0.29) is 11.5 Å². The number of halogens is 1. The van der Waals surface area contributed by atoms with Gasteiger partial charge in [0.1, 0.15) is 24.1 Å². The van der Waals surface area contributed by atoms with Gasteiger partial charge in [0.05, 0.1) is 11.4 Å². The van der Waals surface area contributed by atoms with Crippen LogP contribution in [0.3, 0.4) is 0 Å². The van der Waals surface area contributed by atoms with Gasteiger partial charge in [-0.3, -0.25) is 4.90 Å². The molecule has 144 valence electrons. The van der Waals surface area contributed by atoms with Gasteiger partial charge in [0.15, 0.2) is 0 Å². The van der Waals surface area contributed by atoms with Crippen LogP contribution in [0.5, 0.6) is 0 Å². The number of H-pyrrole nitrogens is 1. The molecule has 0 bridgehead atoms. The van der Waals surface area contributed by atoms with Gasteiger partial charge in [-0.05, 0) is 59.2 Å². The van der Waals surface area contributed by atoms with Gasteiger partial charge < -0.3 is 14.7 Å². The molecule has 1 N–H and O–H groups in total. The van der Waals surface area contributed by atoms with Gasteiger partial charge in [-0.15, -0.1) is 0 Å². The number of carbonyl (C=O) groups excluding carboxylic acids is 1. The van der Waals surface area contributed by atoms with E-state index in [2.05, 4.69) is 71.6 Å². The lowest BCUT2D eigenvalue weighted by Crippen LogP contribution is -2.35. The molecule has 1 spiro atoms. The second-order valence-corrected chi connectivity index (χ2v) is 9.21. The second kappa shape index (κ2) is 7.11. The smallest absolute Gasteiger partial charge is 0.142 e. The van der Waals surface area contributed by atoms with E-state index in [4.69, 9.17) is 0 Å². The fourth-order valence-corrected chi connectivity index (χ4v) is 4.71. The third-order valence-electron chi connectivity index (χ3n) is 6.05. The van der Waals surface area contributed by atoms with Crippen molar-refractivity contribution in [3.63, 3.8) is 0 Å². The molecule has 7 heteroatoms. The second-order valence-electron chi connectivity index (χ2n) is 7.96. The van der Waals surface area contributed by atoms with Crippen molar-refractivity contribution in [3.05, 3.63) is 52.0 Å². The van der Waals surface area contributed by atoms with Crippen molar-refractivity contribution < 1.29 is 4.79 Å². The van der Waals surface area contributed by atoms with Gasteiger partial charge in [0.2, 0.25) is 0 Å². The van der Waals surface area contributed by atoms with E-state index in [0.717, 1.165) is 54.9 Å². The summed E-state index contributed by atoms with van der Waals surface area (Å²) in [6.45, 7) is 3.64. The van der Waals surface area contributed by atoms with E-state index in [0.29, 0.717) is 0 Å². The maximum atomic E-state index is 12.0. The number of hydrogen-bond donors (Lipinski definition) is 1. The van der Waals surface area contributed by atoms with Crippen LogP contribution in [0.1, 0.15) is 24.4 Å². The number of carbonyl (C=O) groups is 1. The molecule has 6 nitrogen and oxygen atoms in total. The first-order valence-corrected chi connectivity index (χ1v) is 10.7. The highest BCUT2D eigenvalue weighted by Crippen LogP contribution is 2.49. The molecule has 2 aliphatic rings. The lowest BCUT2D eigenvalue weighted by Gasteiger charge is -2.29. The summed E-state index contributed by atoms with van der Waals surface area (Å²) in [5.41, 5.74) is 2.21. The molecule has 1 saturated carbocycles. The van der Waals surface area contributed by atoms with Crippen LogP contribution < -0.4 is 4.90 Å². The molecule has 1 aliphatic carbocycles. The van der Waals surface area contributed by atoms with Gasteiger partial charge in [-0.2, -0.15) is 0 Å². The standard InChI is InChI=1S/C21H22IN5O/c22-16-3-1-15(2-4-16)18(11-28)26-9-10-27(13-21(12-26)6-7-21)20-17-5-8-23-19(17)24-14-25-20/h1-5,8,11,14,18H,6-7,9-10,12-13H2,(H,23,24,25). The number of aromatic nitrogens is 3.